The molecule has 0 aliphatic heterocycles. The fraction of sp³-hybridized carbons (Fsp3) is 0.267. The van der Waals surface area contributed by atoms with Gasteiger partial charge in [-0.15, -0.1) is 0 Å². The Labute approximate surface area is 128 Å². The van der Waals surface area contributed by atoms with E-state index in [4.69, 9.17) is 11.6 Å². The average molecular weight is 306 g/mol. The van der Waals surface area contributed by atoms with Crippen molar-refractivity contribution < 1.29 is 9.90 Å². The van der Waals surface area contributed by atoms with E-state index in [1.54, 1.807) is 18.2 Å². The van der Waals surface area contributed by atoms with Gasteiger partial charge in [-0.05, 0) is 26.0 Å². The van der Waals surface area contributed by atoms with Crippen LogP contribution in [0.1, 0.15) is 24.3 Å². The molecule has 0 saturated heterocycles. The highest BCUT2D eigenvalue weighted by atomic mass is 35.5. The van der Waals surface area contributed by atoms with Crippen LogP contribution in [0.25, 0.3) is 11.4 Å². The van der Waals surface area contributed by atoms with Crippen molar-refractivity contribution >= 4 is 23.4 Å². The third kappa shape index (κ3) is 3.31. The summed E-state index contributed by atoms with van der Waals surface area (Å²) < 4.78 is 0. The number of carboxylic acid groups (broad SMARTS) is 1. The van der Waals surface area contributed by atoms with Crippen molar-refractivity contribution in [3.05, 3.63) is 41.0 Å². The van der Waals surface area contributed by atoms with Crippen LogP contribution in [0.2, 0.25) is 5.02 Å². The van der Waals surface area contributed by atoms with Crippen molar-refractivity contribution in [3.8, 4) is 11.4 Å². The van der Waals surface area contributed by atoms with Crippen molar-refractivity contribution in [1.29, 1.82) is 0 Å². The number of nitrogens with zero attached hydrogens (tertiary/aromatic N) is 3. The number of carbonyl (C=O) groups is 1. The molecule has 1 aromatic heterocycles. The zero-order chi connectivity index (χ0) is 15.4. The second-order valence-corrected chi connectivity index (χ2v) is 4.80. The number of rotatable bonds is 5. The first-order valence-electron chi connectivity index (χ1n) is 6.69. The molecule has 0 fully saturated rings. The summed E-state index contributed by atoms with van der Waals surface area (Å²) in [6.07, 6.45) is 0. The summed E-state index contributed by atoms with van der Waals surface area (Å²) in [7, 11) is 0. The number of carboxylic acids is 1. The molecule has 0 amide bonds. The molecule has 2 rings (SSSR count). The predicted molar refractivity (Wildman–Crippen MR) is 83.0 cm³/mol. The van der Waals surface area contributed by atoms with Crippen LogP contribution in [0, 0.1) is 0 Å². The SMILES string of the molecule is CCN(CC)c1cc(C(=O)O)nc(-c2ccccc2Cl)n1. The molecule has 0 unspecified atom stereocenters. The van der Waals surface area contributed by atoms with Crippen LogP contribution >= 0.6 is 11.6 Å². The molecule has 1 aromatic carbocycles. The monoisotopic (exact) mass is 305 g/mol. The maximum atomic E-state index is 11.3. The van der Waals surface area contributed by atoms with Crippen LogP contribution in [0.3, 0.4) is 0 Å². The van der Waals surface area contributed by atoms with E-state index in [0.717, 1.165) is 13.1 Å². The Bertz CT molecular complexity index is 657. The Morgan fingerprint density at radius 3 is 2.48 bits per heavy atom. The number of hydrogen-bond donors (Lipinski definition) is 1. The summed E-state index contributed by atoms with van der Waals surface area (Å²) in [6, 6.07) is 8.60. The normalized spacial score (nSPS) is 10.4. The highest BCUT2D eigenvalue weighted by Gasteiger charge is 2.15. The van der Waals surface area contributed by atoms with Crippen LogP contribution in [0.4, 0.5) is 5.82 Å². The predicted octanol–water partition coefficient (Wildman–Crippen LogP) is 3.34. The minimum atomic E-state index is -1.08. The summed E-state index contributed by atoms with van der Waals surface area (Å²) >= 11 is 6.15. The molecule has 110 valence electrons. The Morgan fingerprint density at radius 2 is 1.90 bits per heavy atom. The van der Waals surface area contributed by atoms with Crippen molar-refractivity contribution in [2.75, 3.05) is 18.0 Å². The third-order valence-corrected chi connectivity index (χ3v) is 3.46. The molecule has 1 N–H and O–H groups in total. The summed E-state index contributed by atoms with van der Waals surface area (Å²) in [5, 5.41) is 9.73. The zero-order valence-electron chi connectivity index (χ0n) is 11.9. The average Bonchev–Trinajstić information content (AvgIpc) is 2.48. The van der Waals surface area contributed by atoms with Gasteiger partial charge >= 0.3 is 5.97 Å². The number of halogens is 1. The topological polar surface area (TPSA) is 66.3 Å². The quantitative estimate of drug-likeness (QED) is 0.917. The van der Waals surface area contributed by atoms with Gasteiger partial charge < -0.3 is 10.0 Å². The Morgan fingerprint density at radius 1 is 1.24 bits per heavy atom. The molecule has 0 bridgehead atoms. The van der Waals surface area contributed by atoms with Crippen molar-refractivity contribution in [2.24, 2.45) is 0 Å². The summed E-state index contributed by atoms with van der Waals surface area (Å²) in [5.74, 6) is -0.177. The van der Waals surface area contributed by atoms with Crippen molar-refractivity contribution in [2.45, 2.75) is 13.8 Å². The molecule has 0 aliphatic carbocycles. The van der Waals surface area contributed by atoms with E-state index in [1.807, 2.05) is 24.8 Å². The molecule has 0 atom stereocenters. The highest BCUT2D eigenvalue weighted by molar-refractivity contribution is 6.33. The third-order valence-electron chi connectivity index (χ3n) is 3.13. The molecule has 0 spiro atoms. The standard InChI is InChI=1S/C15H16ClN3O2/c1-3-19(4-2)13-9-12(15(20)21)17-14(18-13)10-7-5-6-8-11(10)16/h5-9H,3-4H2,1-2H3,(H,20,21). The highest BCUT2D eigenvalue weighted by Crippen LogP contribution is 2.26. The van der Waals surface area contributed by atoms with Gasteiger partial charge in [-0.2, -0.15) is 0 Å². The molecule has 0 aliphatic rings. The van der Waals surface area contributed by atoms with E-state index in [2.05, 4.69) is 9.97 Å². The van der Waals surface area contributed by atoms with E-state index in [1.165, 1.54) is 6.07 Å². The molecule has 5 nitrogen and oxygen atoms in total. The van der Waals surface area contributed by atoms with Gasteiger partial charge in [0.25, 0.3) is 0 Å². The fourth-order valence-electron chi connectivity index (χ4n) is 2.02. The zero-order valence-corrected chi connectivity index (χ0v) is 12.6. The lowest BCUT2D eigenvalue weighted by Crippen LogP contribution is -2.24. The first-order chi connectivity index (χ1) is 10.1. The molecule has 21 heavy (non-hydrogen) atoms. The molecular formula is C15H16ClN3O2. The van der Waals surface area contributed by atoms with Crippen LogP contribution < -0.4 is 4.90 Å². The van der Waals surface area contributed by atoms with Crippen LogP contribution in [-0.4, -0.2) is 34.1 Å². The maximum absolute atomic E-state index is 11.3. The van der Waals surface area contributed by atoms with Gasteiger partial charge in [0.1, 0.15) is 5.82 Å². The van der Waals surface area contributed by atoms with Gasteiger partial charge in [0, 0.05) is 24.7 Å². The summed E-state index contributed by atoms with van der Waals surface area (Å²) in [5.41, 5.74) is 0.581. The van der Waals surface area contributed by atoms with Gasteiger partial charge in [-0.25, -0.2) is 14.8 Å². The van der Waals surface area contributed by atoms with Gasteiger partial charge in [-0.3, -0.25) is 0 Å². The Balaban J connectivity index is 2.61. The maximum Gasteiger partial charge on any atom is 0.354 e. The van der Waals surface area contributed by atoms with Crippen molar-refractivity contribution in [1.82, 2.24) is 9.97 Å². The molecule has 2 aromatic rings. The van der Waals surface area contributed by atoms with Gasteiger partial charge in [0.15, 0.2) is 11.5 Å². The number of benzene rings is 1. The number of hydrogen-bond acceptors (Lipinski definition) is 4. The number of anilines is 1. The van der Waals surface area contributed by atoms with Crippen LogP contribution in [-0.2, 0) is 0 Å². The number of aromatic nitrogens is 2. The summed E-state index contributed by atoms with van der Waals surface area (Å²) in [6.45, 7) is 5.44. The van der Waals surface area contributed by atoms with E-state index < -0.39 is 5.97 Å². The minimum absolute atomic E-state index is 0.0400. The van der Waals surface area contributed by atoms with Crippen LogP contribution in [0.15, 0.2) is 30.3 Å². The Hall–Kier alpha value is -2.14. The lowest BCUT2D eigenvalue weighted by molar-refractivity contribution is 0.0690. The van der Waals surface area contributed by atoms with E-state index in [0.29, 0.717) is 22.2 Å². The van der Waals surface area contributed by atoms with E-state index in [-0.39, 0.29) is 5.69 Å². The van der Waals surface area contributed by atoms with Crippen LogP contribution in [0.5, 0.6) is 0 Å². The Kier molecular flexibility index (Phi) is 4.75. The second kappa shape index (κ2) is 6.54. The fourth-order valence-corrected chi connectivity index (χ4v) is 2.24. The van der Waals surface area contributed by atoms with Crippen molar-refractivity contribution in [3.63, 3.8) is 0 Å². The minimum Gasteiger partial charge on any atom is -0.477 e. The van der Waals surface area contributed by atoms with Gasteiger partial charge in [-0.1, -0.05) is 23.7 Å². The van der Waals surface area contributed by atoms with Gasteiger partial charge in [0.05, 0.1) is 5.02 Å². The second-order valence-electron chi connectivity index (χ2n) is 4.39. The lowest BCUT2D eigenvalue weighted by Gasteiger charge is -2.20. The lowest BCUT2D eigenvalue weighted by atomic mass is 10.2. The number of aromatic carboxylic acids is 1. The largest absolute Gasteiger partial charge is 0.477 e. The molecule has 1 heterocycles. The summed E-state index contributed by atoms with van der Waals surface area (Å²) in [4.78, 5) is 21.8. The first kappa shape index (κ1) is 15.3. The van der Waals surface area contributed by atoms with E-state index in [9.17, 15) is 9.90 Å². The smallest absolute Gasteiger partial charge is 0.354 e. The molecular weight excluding hydrogens is 290 g/mol. The molecule has 0 saturated carbocycles. The van der Waals surface area contributed by atoms with E-state index >= 15 is 0 Å². The molecule has 6 heteroatoms. The van der Waals surface area contributed by atoms with Gasteiger partial charge in [0.2, 0.25) is 0 Å². The first-order valence-corrected chi connectivity index (χ1v) is 7.06. The molecule has 0 radical (unpaired) electrons.